The monoisotopic (exact) mass is 427 g/mol. The van der Waals surface area contributed by atoms with Gasteiger partial charge in [0.05, 0.1) is 0 Å². The second-order valence-electron chi connectivity index (χ2n) is 7.90. The highest BCUT2D eigenvalue weighted by Crippen LogP contribution is 2.37. The van der Waals surface area contributed by atoms with E-state index in [0.717, 1.165) is 31.7 Å². The van der Waals surface area contributed by atoms with Gasteiger partial charge in [-0.25, -0.2) is 4.98 Å². The van der Waals surface area contributed by atoms with Crippen LogP contribution >= 0.6 is 34.8 Å². The molecule has 1 aromatic heterocycles. The minimum atomic E-state index is -1.70. The molecule has 0 N–H and O–H groups in total. The minimum Gasteiger partial charge on any atom is -0.338 e. The minimum absolute atomic E-state index is 0.0748. The van der Waals surface area contributed by atoms with E-state index in [0.29, 0.717) is 11.8 Å². The van der Waals surface area contributed by atoms with Gasteiger partial charge in [0.15, 0.2) is 11.6 Å². The molecule has 146 valence electrons. The van der Waals surface area contributed by atoms with Crippen molar-refractivity contribution in [3.05, 3.63) is 35.7 Å². The van der Waals surface area contributed by atoms with Crippen molar-refractivity contribution < 1.29 is 0 Å². The average Bonchev–Trinajstić information content (AvgIpc) is 2.60. The largest absolute Gasteiger partial charge is 0.338 e. The van der Waals surface area contributed by atoms with Crippen molar-refractivity contribution in [2.75, 3.05) is 38.1 Å². The summed E-state index contributed by atoms with van der Waals surface area (Å²) in [6.07, 6.45) is 0. The van der Waals surface area contributed by atoms with Gasteiger partial charge in [0.1, 0.15) is 0 Å². The van der Waals surface area contributed by atoms with Gasteiger partial charge in [0.2, 0.25) is 9.74 Å². The van der Waals surface area contributed by atoms with Crippen LogP contribution in [-0.4, -0.2) is 53.1 Å². The van der Waals surface area contributed by atoms with Crippen LogP contribution in [-0.2, 0) is 9.21 Å². The van der Waals surface area contributed by atoms with Crippen molar-refractivity contribution >= 4 is 40.8 Å². The van der Waals surface area contributed by atoms with Crippen molar-refractivity contribution in [3.8, 4) is 11.4 Å². The molecule has 0 bridgehead atoms. The standard InChI is InChI=1S/C19H24Cl3N5/c1-18(2,3)14-7-5-13(6-8-14)15-23-16(19(20,21)22)25-17(24-15)27-11-9-26(4)10-12-27/h5-8H,9-12H2,1-4H3. The van der Waals surface area contributed by atoms with Crippen molar-refractivity contribution in [2.24, 2.45) is 0 Å². The fraction of sp³-hybridized carbons (Fsp3) is 0.526. The van der Waals surface area contributed by atoms with Gasteiger partial charge in [-0.15, -0.1) is 0 Å². The van der Waals surface area contributed by atoms with Crippen LogP contribution in [0.15, 0.2) is 24.3 Å². The van der Waals surface area contributed by atoms with Crippen LogP contribution in [0, 0.1) is 0 Å². The van der Waals surface area contributed by atoms with Crippen molar-refractivity contribution in [1.29, 1.82) is 0 Å². The first-order chi connectivity index (χ1) is 12.5. The Morgan fingerprint density at radius 1 is 0.852 bits per heavy atom. The number of halogens is 3. The zero-order valence-corrected chi connectivity index (χ0v) is 18.3. The first-order valence-corrected chi connectivity index (χ1v) is 10.0. The molecule has 0 aliphatic carbocycles. The number of rotatable bonds is 2. The van der Waals surface area contributed by atoms with E-state index in [2.05, 4.69) is 64.7 Å². The fourth-order valence-electron chi connectivity index (χ4n) is 2.89. The lowest BCUT2D eigenvalue weighted by atomic mass is 9.87. The molecule has 0 unspecified atom stereocenters. The van der Waals surface area contributed by atoms with Gasteiger partial charge in [0.25, 0.3) is 0 Å². The van der Waals surface area contributed by atoms with Gasteiger partial charge in [-0.05, 0) is 18.0 Å². The van der Waals surface area contributed by atoms with E-state index in [1.54, 1.807) is 0 Å². The Hall–Kier alpha value is -1.14. The lowest BCUT2D eigenvalue weighted by Crippen LogP contribution is -2.45. The van der Waals surface area contributed by atoms with E-state index in [9.17, 15) is 0 Å². The molecule has 2 aromatic rings. The third-order valence-electron chi connectivity index (χ3n) is 4.67. The van der Waals surface area contributed by atoms with Gasteiger partial charge in [-0.2, -0.15) is 9.97 Å². The van der Waals surface area contributed by atoms with Crippen molar-refractivity contribution in [1.82, 2.24) is 19.9 Å². The molecule has 5 nitrogen and oxygen atoms in total. The van der Waals surface area contributed by atoms with Crippen LogP contribution in [0.3, 0.4) is 0 Å². The molecule has 0 atom stereocenters. The zero-order valence-electron chi connectivity index (χ0n) is 16.0. The van der Waals surface area contributed by atoms with Crippen LogP contribution in [0.2, 0.25) is 0 Å². The fourth-order valence-corrected chi connectivity index (χ4v) is 3.14. The number of alkyl halides is 3. The predicted molar refractivity (Wildman–Crippen MR) is 113 cm³/mol. The average molecular weight is 429 g/mol. The molecule has 0 amide bonds. The summed E-state index contributed by atoms with van der Waals surface area (Å²) < 4.78 is -1.70. The second kappa shape index (κ2) is 7.70. The highest BCUT2D eigenvalue weighted by Gasteiger charge is 2.30. The maximum atomic E-state index is 6.09. The normalized spacial score (nSPS) is 16.6. The molecule has 1 aromatic carbocycles. The van der Waals surface area contributed by atoms with Gasteiger partial charge in [-0.1, -0.05) is 79.8 Å². The summed E-state index contributed by atoms with van der Waals surface area (Å²) in [6, 6.07) is 8.19. The molecule has 1 aliphatic heterocycles. The molecule has 0 spiro atoms. The number of anilines is 1. The smallest absolute Gasteiger partial charge is 0.250 e. The number of nitrogens with zero attached hydrogens (tertiary/aromatic N) is 5. The summed E-state index contributed by atoms with van der Waals surface area (Å²) in [5.41, 5.74) is 2.18. The summed E-state index contributed by atoms with van der Waals surface area (Å²) in [5, 5.41) is 0. The Kier molecular flexibility index (Phi) is 5.88. The van der Waals surface area contributed by atoms with E-state index in [4.69, 9.17) is 34.8 Å². The summed E-state index contributed by atoms with van der Waals surface area (Å²) in [6.45, 7) is 10.0. The highest BCUT2D eigenvalue weighted by atomic mass is 35.6. The van der Waals surface area contributed by atoms with Crippen LogP contribution < -0.4 is 4.90 Å². The number of likely N-dealkylation sites (N-methyl/N-ethyl adjacent to an activating group) is 1. The summed E-state index contributed by atoms with van der Waals surface area (Å²) in [4.78, 5) is 17.9. The molecular weight excluding hydrogens is 405 g/mol. The number of piperazine rings is 1. The van der Waals surface area contributed by atoms with E-state index >= 15 is 0 Å². The molecule has 0 radical (unpaired) electrons. The van der Waals surface area contributed by atoms with Gasteiger partial charge < -0.3 is 9.80 Å². The summed E-state index contributed by atoms with van der Waals surface area (Å²) >= 11 is 18.3. The van der Waals surface area contributed by atoms with Crippen LogP contribution in [0.5, 0.6) is 0 Å². The Labute approximate surface area is 175 Å². The molecule has 2 heterocycles. The third kappa shape index (κ3) is 5.02. The van der Waals surface area contributed by atoms with E-state index < -0.39 is 3.79 Å². The second-order valence-corrected chi connectivity index (χ2v) is 10.2. The maximum Gasteiger partial charge on any atom is 0.250 e. The van der Waals surface area contributed by atoms with Crippen molar-refractivity contribution in [2.45, 2.75) is 30.0 Å². The molecule has 1 aliphatic rings. The Balaban J connectivity index is 2.00. The van der Waals surface area contributed by atoms with Crippen molar-refractivity contribution in [3.63, 3.8) is 0 Å². The first kappa shape index (κ1) is 20.6. The number of aromatic nitrogens is 3. The SMILES string of the molecule is CN1CCN(c2nc(-c3ccc(C(C)(C)C)cc3)nc(C(Cl)(Cl)Cl)n2)CC1. The molecule has 1 saturated heterocycles. The summed E-state index contributed by atoms with van der Waals surface area (Å²) in [5.74, 6) is 1.21. The molecule has 27 heavy (non-hydrogen) atoms. The Bertz CT molecular complexity index is 788. The molecule has 3 rings (SSSR count). The topological polar surface area (TPSA) is 45.2 Å². The van der Waals surface area contributed by atoms with Crippen LogP contribution in [0.1, 0.15) is 32.2 Å². The molecule has 1 fully saturated rings. The predicted octanol–water partition coefficient (Wildman–Crippen LogP) is 4.41. The van der Waals surface area contributed by atoms with E-state index in [-0.39, 0.29) is 11.2 Å². The van der Waals surface area contributed by atoms with E-state index in [1.165, 1.54) is 5.56 Å². The van der Waals surface area contributed by atoms with Gasteiger partial charge in [0, 0.05) is 31.7 Å². The quantitative estimate of drug-likeness (QED) is 0.663. The van der Waals surface area contributed by atoms with Crippen LogP contribution in [0.4, 0.5) is 5.95 Å². The molecular formula is C19H24Cl3N5. The molecule has 0 saturated carbocycles. The third-order valence-corrected chi connectivity index (χ3v) is 5.18. The van der Waals surface area contributed by atoms with Gasteiger partial charge >= 0.3 is 0 Å². The number of hydrogen-bond donors (Lipinski definition) is 0. The van der Waals surface area contributed by atoms with Gasteiger partial charge in [-0.3, -0.25) is 0 Å². The van der Waals surface area contributed by atoms with E-state index in [1.807, 2.05) is 12.1 Å². The number of hydrogen-bond acceptors (Lipinski definition) is 5. The lowest BCUT2D eigenvalue weighted by molar-refractivity contribution is 0.311. The Morgan fingerprint density at radius 3 is 1.96 bits per heavy atom. The zero-order chi connectivity index (χ0) is 19.8. The highest BCUT2D eigenvalue weighted by molar-refractivity contribution is 6.66. The number of benzene rings is 1. The Morgan fingerprint density at radius 2 is 1.44 bits per heavy atom. The first-order valence-electron chi connectivity index (χ1n) is 8.92. The molecule has 8 heteroatoms. The summed E-state index contributed by atoms with van der Waals surface area (Å²) in [7, 11) is 2.10. The lowest BCUT2D eigenvalue weighted by Gasteiger charge is -2.32. The van der Waals surface area contributed by atoms with Crippen LogP contribution in [0.25, 0.3) is 11.4 Å². The maximum absolute atomic E-state index is 6.09.